The first kappa shape index (κ1) is 21.4. The molecule has 29 heavy (non-hydrogen) atoms. The molecule has 0 aromatic carbocycles. The second kappa shape index (κ2) is 8.20. The fourth-order valence-electron chi connectivity index (χ4n) is 3.46. The maximum absolute atomic E-state index is 12.8. The van der Waals surface area contributed by atoms with E-state index in [0.29, 0.717) is 28.7 Å². The summed E-state index contributed by atoms with van der Waals surface area (Å²) >= 11 is 1.18. The van der Waals surface area contributed by atoms with Crippen LogP contribution in [0.15, 0.2) is 21.7 Å². The van der Waals surface area contributed by atoms with Gasteiger partial charge in [0.2, 0.25) is 5.91 Å². The van der Waals surface area contributed by atoms with E-state index in [1.165, 1.54) is 20.3 Å². The zero-order chi connectivity index (χ0) is 21.3. The van der Waals surface area contributed by atoms with E-state index in [4.69, 9.17) is 0 Å². The summed E-state index contributed by atoms with van der Waals surface area (Å²) in [5.41, 5.74) is 0.704. The summed E-state index contributed by atoms with van der Waals surface area (Å²) in [5.74, 6) is -0.554. The second-order valence-electron chi connectivity index (χ2n) is 7.02. The molecule has 2 aromatic rings. The zero-order valence-electron chi connectivity index (χ0n) is 16.4. The van der Waals surface area contributed by atoms with Gasteiger partial charge in [0.05, 0.1) is 17.4 Å². The first-order valence-corrected chi connectivity index (χ1v) is 11.5. The zero-order valence-corrected chi connectivity index (χ0v) is 18.1. The van der Waals surface area contributed by atoms with E-state index >= 15 is 0 Å². The van der Waals surface area contributed by atoms with Crippen molar-refractivity contribution in [1.29, 1.82) is 0 Å². The number of hydrogen-bond acceptors (Lipinski definition) is 7. The van der Waals surface area contributed by atoms with Crippen molar-refractivity contribution >= 4 is 33.0 Å². The van der Waals surface area contributed by atoms with Gasteiger partial charge in [0.15, 0.2) is 0 Å². The molecule has 1 unspecified atom stereocenters. The third-order valence-electron chi connectivity index (χ3n) is 5.03. The van der Waals surface area contributed by atoms with Crippen molar-refractivity contribution in [2.24, 2.45) is 5.92 Å². The average Bonchev–Trinajstić information content (AvgIpc) is 3.30. The van der Waals surface area contributed by atoms with Crippen LogP contribution in [0.4, 0.5) is 5.69 Å². The van der Waals surface area contributed by atoms with Gasteiger partial charge in [-0.15, -0.1) is 11.3 Å². The maximum Gasteiger partial charge on any atom is 0.312 e. The monoisotopic (exact) mass is 441 g/mol. The van der Waals surface area contributed by atoms with Gasteiger partial charge < -0.3 is 4.90 Å². The van der Waals surface area contributed by atoms with Crippen LogP contribution in [0.1, 0.15) is 18.3 Å². The van der Waals surface area contributed by atoms with Crippen molar-refractivity contribution in [3.05, 3.63) is 39.0 Å². The molecule has 0 spiro atoms. The van der Waals surface area contributed by atoms with Gasteiger partial charge in [0.1, 0.15) is 15.6 Å². The van der Waals surface area contributed by atoms with Gasteiger partial charge in [-0.25, -0.2) is 8.42 Å². The molecule has 12 heteroatoms. The Morgan fingerprint density at radius 1 is 1.31 bits per heavy atom. The minimum atomic E-state index is -3.52. The smallest absolute Gasteiger partial charge is 0.312 e. The molecule has 1 fully saturated rings. The van der Waals surface area contributed by atoms with E-state index in [9.17, 15) is 23.3 Å². The van der Waals surface area contributed by atoms with Crippen LogP contribution in [0.5, 0.6) is 0 Å². The summed E-state index contributed by atoms with van der Waals surface area (Å²) in [6, 6.07) is 3.27. The topological polar surface area (TPSA) is 119 Å². The molecular weight excluding hydrogens is 418 g/mol. The second-order valence-corrected chi connectivity index (χ2v) is 10.1. The Bertz CT molecular complexity index is 1010. The van der Waals surface area contributed by atoms with Gasteiger partial charge in [-0.1, -0.05) is 13.0 Å². The molecule has 10 nitrogen and oxygen atoms in total. The quantitative estimate of drug-likeness (QED) is 0.497. The molecule has 158 valence electrons. The summed E-state index contributed by atoms with van der Waals surface area (Å²) < 4.78 is 28.4. The molecular formula is C17H23N5O5S2. The van der Waals surface area contributed by atoms with Gasteiger partial charge in [-0.3, -0.25) is 19.6 Å². The van der Waals surface area contributed by atoms with Gasteiger partial charge in [-0.05, 0) is 25.3 Å². The van der Waals surface area contributed by atoms with E-state index in [1.54, 1.807) is 43.2 Å². The fourth-order valence-corrected chi connectivity index (χ4v) is 6.03. The largest absolute Gasteiger partial charge is 0.340 e. The van der Waals surface area contributed by atoms with Crippen LogP contribution in [0.2, 0.25) is 0 Å². The molecule has 0 aliphatic carbocycles. The Morgan fingerprint density at radius 3 is 2.48 bits per heavy atom. The van der Waals surface area contributed by atoms with E-state index in [0.717, 1.165) is 0 Å². The minimum absolute atomic E-state index is 0.0305. The number of carbonyl (C=O) groups is 1. The molecule has 0 saturated carbocycles. The van der Waals surface area contributed by atoms with Crippen molar-refractivity contribution in [1.82, 2.24) is 19.0 Å². The lowest BCUT2D eigenvalue weighted by Crippen LogP contribution is -2.51. The summed E-state index contributed by atoms with van der Waals surface area (Å²) in [4.78, 5) is 25.1. The molecule has 0 N–H and O–H groups in total. The fraction of sp³-hybridized carbons (Fsp3) is 0.529. The highest BCUT2D eigenvalue weighted by atomic mass is 32.2. The summed E-state index contributed by atoms with van der Waals surface area (Å²) in [6.07, 6.45) is 0. The Balaban J connectivity index is 1.62. The molecule has 1 aliphatic heterocycles. The van der Waals surface area contributed by atoms with Crippen LogP contribution < -0.4 is 0 Å². The predicted octanol–water partition coefficient (Wildman–Crippen LogP) is 1.64. The lowest BCUT2D eigenvalue weighted by molar-refractivity contribution is -0.386. The first-order chi connectivity index (χ1) is 13.6. The van der Waals surface area contributed by atoms with Crippen LogP contribution in [0.25, 0.3) is 0 Å². The normalized spacial score (nSPS) is 16.7. The first-order valence-electron chi connectivity index (χ1n) is 9.13. The molecule has 3 heterocycles. The van der Waals surface area contributed by atoms with E-state index in [1.807, 2.05) is 0 Å². The Hall–Kier alpha value is -2.31. The summed E-state index contributed by atoms with van der Waals surface area (Å²) in [6.45, 7) is 6.27. The number of aromatic nitrogens is 2. The Morgan fingerprint density at radius 2 is 1.97 bits per heavy atom. The minimum Gasteiger partial charge on any atom is -0.340 e. The van der Waals surface area contributed by atoms with Crippen LogP contribution in [-0.4, -0.2) is 64.4 Å². The number of carbonyl (C=O) groups excluding carboxylic acids is 1. The third kappa shape index (κ3) is 4.19. The highest BCUT2D eigenvalue weighted by molar-refractivity contribution is 7.91. The number of rotatable bonds is 6. The molecule has 1 aliphatic rings. The van der Waals surface area contributed by atoms with Crippen molar-refractivity contribution < 1.29 is 18.1 Å². The van der Waals surface area contributed by atoms with Gasteiger partial charge in [-0.2, -0.15) is 9.40 Å². The number of thiophene rings is 1. The molecule has 1 saturated heterocycles. The highest BCUT2D eigenvalue weighted by Crippen LogP contribution is 2.24. The van der Waals surface area contributed by atoms with Crippen molar-refractivity contribution in [2.75, 3.05) is 26.2 Å². The molecule has 3 rings (SSSR count). The number of nitrogens with zero attached hydrogens (tertiary/aromatic N) is 5. The van der Waals surface area contributed by atoms with Crippen molar-refractivity contribution in [2.45, 2.75) is 31.5 Å². The molecule has 0 radical (unpaired) electrons. The lowest BCUT2D eigenvalue weighted by Gasteiger charge is -2.35. The summed E-state index contributed by atoms with van der Waals surface area (Å²) in [7, 11) is -3.52. The Labute approximate surface area is 172 Å². The lowest BCUT2D eigenvalue weighted by atomic mass is 10.1. The van der Waals surface area contributed by atoms with Crippen LogP contribution >= 0.6 is 11.3 Å². The number of nitro groups is 1. The number of amides is 1. The van der Waals surface area contributed by atoms with Crippen LogP contribution in [0, 0.1) is 29.9 Å². The summed E-state index contributed by atoms with van der Waals surface area (Å²) in [5, 5.41) is 17.1. The van der Waals surface area contributed by atoms with E-state index in [2.05, 4.69) is 5.10 Å². The van der Waals surface area contributed by atoms with Crippen LogP contribution in [0.3, 0.4) is 0 Å². The molecule has 0 bridgehead atoms. The van der Waals surface area contributed by atoms with E-state index < -0.39 is 20.9 Å². The molecule has 1 amide bonds. The average molecular weight is 442 g/mol. The number of sulfonamides is 1. The van der Waals surface area contributed by atoms with E-state index in [-0.39, 0.29) is 31.2 Å². The molecule has 2 aromatic heterocycles. The van der Waals surface area contributed by atoms with Crippen molar-refractivity contribution in [3.63, 3.8) is 0 Å². The number of hydrogen-bond donors (Lipinski definition) is 0. The predicted molar refractivity (Wildman–Crippen MR) is 107 cm³/mol. The SMILES string of the molecule is Cc1nn(CC(C)C(=O)N2CCN(S(=O)(=O)c3cccs3)CC2)c(C)c1[N+](=O)[O-]. The standard InChI is InChI=1S/C17H23N5O5S2/c1-12(11-21-14(3)16(22(24)25)13(2)18-21)17(23)19-6-8-20(9-7-19)29(26,27)15-5-4-10-28-15/h4-5,10,12H,6-9,11H2,1-3H3. The van der Waals surface area contributed by atoms with Gasteiger partial charge >= 0.3 is 5.69 Å². The maximum atomic E-state index is 12.8. The third-order valence-corrected chi connectivity index (χ3v) is 8.31. The highest BCUT2D eigenvalue weighted by Gasteiger charge is 2.32. The number of piperazine rings is 1. The van der Waals surface area contributed by atoms with Gasteiger partial charge in [0, 0.05) is 26.2 Å². The van der Waals surface area contributed by atoms with Gasteiger partial charge in [0.25, 0.3) is 10.0 Å². The Kier molecular flexibility index (Phi) is 6.05. The molecule has 1 atom stereocenters. The number of aryl methyl sites for hydroxylation is 1. The van der Waals surface area contributed by atoms with Crippen molar-refractivity contribution in [3.8, 4) is 0 Å². The van der Waals surface area contributed by atoms with Crippen LogP contribution in [-0.2, 0) is 21.4 Å².